The van der Waals surface area contributed by atoms with Crippen molar-refractivity contribution in [2.75, 3.05) is 20.6 Å². The molecular weight excluding hydrogens is 226 g/mol. The number of likely N-dealkylation sites (N-methyl/N-ethyl adjacent to an activating group) is 1. The second-order valence-corrected chi connectivity index (χ2v) is 4.24. The smallest absolute Gasteiger partial charge is 0.254 e. The van der Waals surface area contributed by atoms with E-state index in [2.05, 4.69) is 5.32 Å². The van der Waals surface area contributed by atoms with E-state index in [1.807, 2.05) is 19.0 Å². The van der Waals surface area contributed by atoms with E-state index in [4.69, 9.17) is 0 Å². The molecule has 1 rings (SSSR count). The maximum absolute atomic E-state index is 13.3. The van der Waals surface area contributed by atoms with Crippen LogP contribution in [0.4, 0.5) is 8.78 Å². The van der Waals surface area contributed by atoms with Crippen LogP contribution in [-0.4, -0.2) is 37.5 Å². The lowest BCUT2D eigenvalue weighted by Gasteiger charge is -2.18. The van der Waals surface area contributed by atoms with E-state index in [1.54, 1.807) is 6.92 Å². The number of nitrogens with one attached hydrogen (secondary N) is 1. The highest BCUT2D eigenvalue weighted by Gasteiger charge is 2.16. The SMILES string of the molecule is CC(CN(C)C)NC(=O)c1cccc(F)c1F. The minimum Gasteiger partial charge on any atom is -0.348 e. The molecule has 0 bridgehead atoms. The van der Waals surface area contributed by atoms with Gasteiger partial charge in [0.25, 0.3) is 5.91 Å². The number of carbonyl (C=O) groups is 1. The number of rotatable bonds is 4. The quantitative estimate of drug-likeness (QED) is 0.870. The Morgan fingerprint density at radius 1 is 1.41 bits per heavy atom. The van der Waals surface area contributed by atoms with Gasteiger partial charge >= 0.3 is 0 Å². The normalized spacial score (nSPS) is 12.6. The second kappa shape index (κ2) is 5.72. The van der Waals surface area contributed by atoms with Gasteiger partial charge < -0.3 is 10.2 Å². The van der Waals surface area contributed by atoms with Crippen LogP contribution in [0.1, 0.15) is 17.3 Å². The third-order valence-corrected chi connectivity index (χ3v) is 2.21. The van der Waals surface area contributed by atoms with Gasteiger partial charge in [0.15, 0.2) is 11.6 Å². The van der Waals surface area contributed by atoms with E-state index in [0.717, 1.165) is 6.07 Å². The summed E-state index contributed by atoms with van der Waals surface area (Å²) in [7, 11) is 3.73. The van der Waals surface area contributed by atoms with Gasteiger partial charge in [-0.15, -0.1) is 0 Å². The molecule has 1 amide bonds. The summed E-state index contributed by atoms with van der Waals surface area (Å²) < 4.78 is 26.2. The van der Waals surface area contributed by atoms with E-state index in [1.165, 1.54) is 12.1 Å². The summed E-state index contributed by atoms with van der Waals surface area (Å²) in [4.78, 5) is 13.6. The van der Waals surface area contributed by atoms with Crippen molar-refractivity contribution in [1.29, 1.82) is 0 Å². The van der Waals surface area contributed by atoms with Gasteiger partial charge in [-0.05, 0) is 33.2 Å². The average Bonchev–Trinajstić information content (AvgIpc) is 2.20. The maximum atomic E-state index is 13.3. The van der Waals surface area contributed by atoms with Crippen molar-refractivity contribution < 1.29 is 13.6 Å². The Hall–Kier alpha value is -1.49. The number of amides is 1. The summed E-state index contributed by atoms with van der Waals surface area (Å²) in [5.41, 5.74) is -0.268. The zero-order chi connectivity index (χ0) is 13.0. The fourth-order valence-electron chi connectivity index (χ4n) is 1.57. The minimum atomic E-state index is -1.11. The molecule has 0 heterocycles. The van der Waals surface area contributed by atoms with Crippen molar-refractivity contribution in [2.45, 2.75) is 13.0 Å². The molecule has 1 aromatic rings. The lowest BCUT2D eigenvalue weighted by Crippen LogP contribution is -2.39. The van der Waals surface area contributed by atoms with Crippen LogP contribution in [0.25, 0.3) is 0 Å². The molecule has 1 atom stereocenters. The molecule has 1 unspecified atom stereocenters. The number of halogens is 2. The van der Waals surface area contributed by atoms with Crippen LogP contribution in [0.3, 0.4) is 0 Å². The summed E-state index contributed by atoms with van der Waals surface area (Å²) in [6.07, 6.45) is 0. The summed E-state index contributed by atoms with van der Waals surface area (Å²) in [6.45, 7) is 2.43. The van der Waals surface area contributed by atoms with Gasteiger partial charge in [0.05, 0.1) is 5.56 Å². The van der Waals surface area contributed by atoms with E-state index >= 15 is 0 Å². The summed E-state index contributed by atoms with van der Waals surface area (Å²) in [5, 5.41) is 2.61. The number of carbonyl (C=O) groups excluding carboxylic acids is 1. The summed E-state index contributed by atoms with van der Waals surface area (Å²) >= 11 is 0. The van der Waals surface area contributed by atoms with Crippen molar-refractivity contribution in [3.63, 3.8) is 0 Å². The highest BCUT2D eigenvalue weighted by Crippen LogP contribution is 2.11. The van der Waals surface area contributed by atoms with Crippen molar-refractivity contribution in [2.24, 2.45) is 0 Å². The zero-order valence-electron chi connectivity index (χ0n) is 10.1. The third-order valence-electron chi connectivity index (χ3n) is 2.21. The van der Waals surface area contributed by atoms with Crippen LogP contribution in [-0.2, 0) is 0 Å². The van der Waals surface area contributed by atoms with Crippen molar-refractivity contribution in [1.82, 2.24) is 10.2 Å². The first-order valence-corrected chi connectivity index (χ1v) is 5.31. The molecule has 0 aliphatic heterocycles. The topological polar surface area (TPSA) is 32.3 Å². The number of hydrogen-bond acceptors (Lipinski definition) is 2. The Labute approximate surface area is 99.4 Å². The summed E-state index contributed by atoms with van der Waals surface area (Å²) in [6, 6.07) is 3.41. The van der Waals surface area contributed by atoms with Gasteiger partial charge in [-0.25, -0.2) is 8.78 Å². The Morgan fingerprint density at radius 2 is 2.06 bits per heavy atom. The minimum absolute atomic E-state index is 0.139. The lowest BCUT2D eigenvalue weighted by molar-refractivity contribution is 0.0929. The first-order chi connectivity index (χ1) is 7.91. The predicted octanol–water partition coefficient (Wildman–Crippen LogP) is 1.64. The molecule has 0 spiro atoms. The largest absolute Gasteiger partial charge is 0.348 e. The van der Waals surface area contributed by atoms with Crippen LogP contribution in [0.2, 0.25) is 0 Å². The molecular formula is C12H16F2N2O. The van der Waals surface area contributed by atoms with Crippen LogP contribution in [0.5, 0.6) is 0 Å². The highest BCUT2D eigenvalue weighted by atomic mass is 19.2. The molecule has 0 aromatic heterocycles. The molecule has 0 saturated carbocycles. The number of nitrogens with zero attached hydrogens (tertiary/aromatic N) is 1. The molecule has 17 heavy (non-hydrogen) atoms. The van der Waals surface area contributed by atoms with Gasteiger partial charge in [-0.2, -0.15) is 0 Å². The fourth-order valence-corrected chi connectivity index (χ4v) is 1.57. The highest BCUT2D eigenvalue weighted by molar-refractivity contribution is 5.94. The van der Waals surface area contributed by atoms with E-state index in [0.29, 0.717) is 6.54 Å². The molecule has 3 nitrogen and oxygen atoms in total. The predicted molar refractivity (Wildman–Crippen MR) is 61.8 cm³/mol. The zero-order valence-corrected chi connectivity index (χ0v) is 10.1. The van der Waals surface area contributed by atoms with Crippen molar-refractivity contribution in [3.05, 3.63) is 35.4 Å². The number of benzene rings is 1. The number of hydrogen-bond donors (Lipinski definition) is 1. The fraction of sp³-hybridized carbons (Fsp3) is 0.417. The Bertz CT molecular complexity index is 407. The van der Waals surface area contributed by atoms with Crippen LogP contribution < -0.4 is 5.32 Å². The maximum Gasteiger partial charge on any atom is 0.254 e. The van der Waals surface area contributed by atoms with E-state index < -0.39 is 17.5 Å². The van der Waals surface area contributed by atoms with Crippen LogP contribution in [0.15, 0.2) is 18.2 Å². The van der Waals surface area contributed by atoms with Crippen molar-refractivity contribution >= 4 is 5.91 Å². The molecule has 0 aliphatic carbocycles. The monoisotopic (exact) mass is 242 g/mol. The molecule has 0 fully saturated rings. The standard InChI is InChI=1S/C12H16F2N2O/c1-8(7-16(2)3)15-12(17)9-5-4-6-10(13)11(9)14/h4-6,8H,7H2,1-3H3,(H,15,17). The first kappa shape index (κ1) is 13.6. The summed E-state index contributed by atoms with van der Waals surface area (Å²) in [5.74, 6) is -2.73. The second-order valence-electron chi connectivity index (χ2n) is 4.24. The van der Waals surface area contributed by atoms with Gasteiger partial charge in [0, 0.05) is 12.6 Å². The molecule has 1 aromatic carbocycles. The molecule has 5 heteroatoms. The molecule has 1 N–H and O–H groups in total. The van der Waals surface area contributed by atoms with E-state index in [-0.39, 0.29) is 11.6 Å². The Kier molecular flexibility index (Phi) is 4.57. The van der Waals surface area contributed by atoms with Crippen molar-refractivity contribution in [3.8, 4) is 0 Å². The van der Waals surface area contributed by atoms with Crippen LogP contribution >= 0.6 is 0 Å². The van der Waals surface area contributed by atoms with Gasteiger partial charge in [-0.3, -0.25) is 4.79 Å². The van der Waals surface area contributed by atoms with Gasteiger partial charge in [0.1, 0.15) is 0 Å². The van der Waals surface area contributed by atoms with E-state index in [9.17, 15) is 13.6 Å². The molecule has 94 valence electrons. The average molecular weight is 242 g/mol. The van der Waals surface area contributed by atoms with Gasteiger partial charge in [0.2, 0.25) is 0 Å². The Balaban J connectivity index is 2.73. The first-order valence-electron chi connectivity index (χ1n) is 5.31. The molecule has 0 saturated heterocycles. The molecule has 0 radical (unpaired) electrons. The lowest BCUT2D eigenvalue weighted by atomic mass is 10.1. The third kappa shape index (κ3) is 3.78. The van der Waals surface area contributed by atoms with Gasteiger partial charge in [-0.1, -0.05) is 6.07 Å². The molecule has 0 aliphatic rings. The Morgan fingerprint density at radius 3 is 2.65 bits per heavy atom. The van der Waals surface area contributed by atoms with Crippen LogP contribution in [0, 0.1) is 11.6 Å².